The summed E-state index contributed by atoms with van der Waals surface area (Å²) in [7, 11) is 0. The number of hydrogen-bond donors (Lipinski definition) is 0. The molecular weight excluding hydrogens is 350 g/mol. The van der Waals surface area contributed by atoms with Gasteiger partial charge in [0.25, 0.3) is 5.91 Å². The predicted molar refractivity (Wildman–Crippen MR) is 112 cm³/mol. The van der Waals surface area contributed by atoms with Gasteiger partial charge in [-0.25, -0.2) is 0 Å². The largest absolute Gasteiger partial charge is 0.371 e. The Morgan fingerprint density at radius 2 is 1.68 bits per heavy atom. The van der Waals surface area contributed by atoms with Crippen molar-refractivity contribution in [1.82, 2.24) is 9.80 Å². The first-order chi connectivity index (χ1) is 13.5. The number of anilines is 1. The van der Waals surface area contributed by atoms with Gasteiger partial charge in [-0.3, -0.25) is 9.59 Å². The number of rotatable bonds is 3. The minimum atomic E-state index is 0.171. The van der Waals surface area contributed by atoms with Crippen LogP contribution in [0.1, 0.15) is 62.7 Å². The quantitative estimate of drug-likeness (QED) is 0.802. The van der Waals surface area contributed by atoms with Crippen LogP contribution in [0.3, 0.4) is 0 Å². The smallest absolute Gasteiger partial charge is 0.255 e. The highest BCUT2D eigenvalue weighted by atomic mass is 16.2. The first-order valence-corrected chi connectivity index (χ1v) is 10.9. The summed E-state index contributed by atoms with van der Waals surface area (Å²) in [6.07, 6.45) is 6.05. The van der Waals surface area contributed by atoms with Gasteiger partial charge in [-0.15, -0.1) is 0 Å². The summed E-state index contributed by atoms with van der Waals surface area (Å²) in [4.78, 5) is 32.0. The van der Waals surface area contributed by atoms with Crippen LogP contribution >= 0.6 is 0 Å². The molecule has 3 heterocycles. The van der Waals surface area contributed by atoms with Crippen LogP contribution < -0.4 is 4.90 Å². The van der Waals surface area contributed by atoms with Crippen molar-refractivity contribution in [2.45, 2.75) is 58.4 Å². The fourth-order valence-electron chi connectivity index (χ4n) is 5.17. The first-order valence-electron chi connectivity index (χ1n) is 10.9. The minimum absolute atomic E-state index is 0.171. The summed E-state index contributed by atoms with van der Waals surface area (Å²) in [6, 6.07) is 8.36. The van der Waals surface area contributed by atoms with Crippen molar-refractivity contribution < 1.29 is 9.59 Å². The zero-order chi connectivity index (χ0) is 19.7. The maximum absolute atomic E-state index is 13.3. The number of para-hydroxylation sites is 1. The monoisotopic (exact) mass is 383 g/mol. The molecule has 1 spiro atoms. The lowest BCUT2D eigenvalue weighted by Crippen LogP contribution is -2.54. The fourth-order valence-corrected chi connectivity index (χ4v) is 5.17. The van der Waals surface area contributed by atoms with Crippen molar-refractivity contribution >= 4 is 17.5 Å². The average molecular weight is 384 g/mol. The maximum atomic E-state index is 13.3. The maximum Gasteiger partial charge on any atom is 0.255 e. The molecule has 0 radical (unpaired) electrons. The molecule has 3 aliphatic rings. The summed E-state index contributed by atoms with van der Waals surface area (Å²) >= 11 is 0. The first kappa shape index (κ1) is 19.3. The van der Waals surface area contributed by atoms with Crippen LogP contribution in [0.25, 0.3) is 0 Å². The molecule has 0 aromatic heterocycles. The van der Waals surface area contributed by atoms with Gasteiger partial charge in [0.1, 0.15) is 0 Å². The highest BCUT2D eigenvalue weighted by Gasteiger charge is 2.42. The third kappa shape index (κ3) is 3.63. The van der Waals surface area contributed by atoms with E-state index in [1.165, 1.54) is 12.8 Å². The van der Waals surface area contributed by atoms with Gasteiger partial charge in [-0.1, -0.05) is 12.1 Å². The Bertz CT molecular complexity index is 731. The standard InChI is InChI=1S/C23H33N3O2/c1-18(2)26-17-23(10-9-21(26)27)11-15-25(16-12-23)22(28)19-7-3-4-8-20(19)24-13-5-6-14-24/h3-4,7-8,18H,5-6,9-17H2,1-2H3. The summed E-state index contributed by atoms with van der Waals surface area (Å²) in [5, 5.41) is 0. The summed E-state index contributed by atoms with van der Waals surface area (Å²) in [5.41, 5.74) is 2.14. The van der Waals surface area contributed by atoms with Gasteiger partial charge < -0.3 is 14.7 Å². The van der Waals surface area contributed by atoms with E-state index < -0.39 is 0 Å². The van der Waals surface area contributed by atoms with Crippen molar-refractivity contribution in [3.8, 4) is 0 Å². The summed E-state index contributed by atoms with van der Waals surface area (Å²) in [6.45, 7) is 8.76. The van der Waals surface area contributed by atoms with Crippen LogP contribution in [-0.4, -0.2) is 60.4 Å². The molecule has 0 bridgehead atoms. The van der Waals surface area contributed by atoms with Crippen molar-refractivity contribution in [2.75, 3.05) is 37.6 Å². The molecule has 4 rings (SSSR count). The number of nitrogens with zero attached hydrogens (tertiary/aromatic N) is 3. The lowest BCUT2D eigenvalue weighted by Gasteiger charge is -2.48. The Morgan fingerprint density at radius 3 is 2.36 bits per heavy atom. The van der Waals surface area contributed by atoms with Gasteiger partial charge in [0.05, 0.1) is 5.56 Å². The third-order valence-electron chi connectivity index (χ3n) is 7.01. The van der Waals surface area contributed by atoms with Crippen molar-refractivity contribution in [2.24, 2.45) is 5.41 Å². The predicted octanol–water partition coefficient (Wildman–Crippen LogP) is 3.54. The molecule has 5 nitrogen and oxygen atoms in total. The molecule has 0 saturated carbocycles. The Morgan fingerprint density at radius 1 is 1.00 bits per heavy atom. The molecule has 3 aliphatic heterocycles. The topological polar surface area (TPSA) is 43.9 Å². The van der Waals surface area contributed by atoms with Crippen LogP contribution in [0.5, 0.6) is 0 Å². The van der Waals surface area contributed by atoms with Gasteiger partial charge in [0.15, 0.2) is 0 Å². The van der Waals surface area contributed by atoms with E-state index in [0.29, 0.717) is 12.3 Å². The van der Waals surface area contributed by atoms with Gasteiger partial charge in [-0.05, 0) is 63.5 Å². The average Bonchev–Trinajstić information content (AvgIpc) is 3.25. The third-order valence-corrected chi connectivity index (χ3v) is 7.01. The SMILES string of the molecule is CC(C)N1CC2(CCC1=O)CCN(C(=O)c1ccccc1N1CCCC1)CC2. The van der Waals surface area contributed by atoms with Gasteiger partial charge in [-0.2, -0.15) is 0 Å². The number of likely N-dealkylation sites (tertiary alicyclic amines) is 2. The fraction of sp³-hybridized carbons (Fsp3) is 0.652. The number of hydrogen-bond acceptors (Lipinski definition) is 3. The summed E-state index contributed by atoms with van der Waals surface area (Å²) in [5.74, 6) is 0.462. The number of carbonyl (C=O) groups is 2. The Kier molecular flexibility index (Phi) is 5.35. The van der Waals surface area contributed by atoms with E-state index >= 15 is 0 Å². The number of piperidine rings is 2. The van der Waals surface area contributed by atoms with Crippen molar-refractivity contribution in [3.05, 3.63) is 29.8 Å². The van der Waals surface area contributed by atoms with Crippen LogP contribution in [0, 0.1) is 5.41 Å². The second kappa shape index (κ2) is 7.76. The lowest BCUT2D eigenvalue weighted by atomic mass is 9.72. The van der Waals surface area contributed by atoms with E-state index in [4.69, 9.17) is 0 Å². The molecule has 0 N–H and O–H groups in total. The van der Waals surface area contributed by atoms with E-state index in [9.17, 15) is 9.59 Å². The van der Waals surface area contributed by atoms with E-state index in [1.54, 1.807) is 0 Å². The minimum Gasteiger partial charge on any atom is -0.371 e. The summed E-state index contributed by atoms with van der Waals surface area (Å²) < 4.78 is 0. The molecule has 0 aliphatic carbocycles. The van der Waals surface area contributed by atoms with Crippen molar-refractivity contribution in [1.29, 1.82) is 0 Å². The highest BCUT2D eigenvalue weighted by Crippen LogP contribution is 2.41. The highest BCUT2D eigenvalue weighted by molar-refractivity contribution is 6.00. The van der Waals surface area contributed by atoms with E-state index in [1.807, 2.05) is 28.0 Å². The normalized spacial score (nSPS) is 22.4. The molecule has 5 heteroatoms. The van der Waals surface area contributed by atoms with E-state index in [-0.39, 0.29) is 17.4 Å². The molecule has 1 aromatic rings. The van der Waals surface area contributed by atoms with Gasteiger partial charge >= 0.3 is 0 Å². The molecule has 0 atom stereocenters. The van der Waals surface area contributed by atoms with Crippen LogP contribution in [0.4, 0.5) is 5.69 Å². The van der Waals surface area contributed by atoms with E-state index in [0.717, 1.165) is 63.2 Å². The lowest BCUT2D eigenvalue weighted by molar-refractivity contribution is -0.141. The zero-order valence-electron chi connectivity index (χ0n) is 17.3. The molecule has 1 aromatic carbocycles. The Balaban J connectivity index is 1.44. The molecular formula is C23H33N3O2. The molecule has 152 valence electrons. The van der Waals surface area contributed by atoms with Gasteiger partial charge in [0, 0.05) is 50.9 Å². The Labute approximate surface area is 168 Å². The second-order valence-corrected chi connectivity index (χ2v) is 9.12. The molecule has 3 saturated heterocycles. The zero-order valence-corrected chi connectivity index (χ0v) is 17.3. The number of amides is 2. The van der Waals surface area contributed by atoms with E-state index in [2.05, 4.69) is 24.8 Å². The second-order valence-electron chi connectivity index (χ2n) is 9.12. The van der Waals surface area contributed by atoms with Gasteiger partial charge in [0.2, 0.25) is 5.91 Å². The molecule has 2 amide bonds. The van der Waals surface area contributed by atoms with Crippen LogP contribution in [0.15, 0.2) is 24.3 Å². The molecule has 28 heavy (non-hydrogen) atoms. The van der Waals surface area contributed by atoms with Crippen molar-refractivity contribution in [3.63, 3.8) is 0 Å². The Hall–Kier alpha value is -2.04. The van der Waals surface area contributed by atoms with Crippen LogP contribution in [0.2, 0.25) is 0 Å². The van der Waals surface area contributed by atoms with Crippen LogP contribution in [-0.2, 0) is 4.79 Å². The molecule has 3 fully saturated rings. The molecule has 0 unspecified atom stereocenters. The number of carbonyl (C=O) groups excluding carboxylic acids is 2. The number of benzene rings is 1.